The quantitative estimate of drug-likeness (QED) is 0.656. The number of anilines is 1. The van der Waals surface area contributed by atoms with Crippen molar-refractivity contribution in [3.8, 4) is 0 Å². The molecule has 2 N–H and O–H groups in total. The average Bonchev–Trinajstić information content (AvgIpc) is 2.60. The molecule has 0 aliphatic rings. The van der Waals surface area contributed by atoms with Gasteiger partial charge in [0.15, 0.2) is 0 Å². The van der Waals surface area contributed by atoms with Crippen LogP contribution < -0.4 is 10.6 Å². The van der Waals surface area contributed by atoms with Gasteiger partial charge in [-0.15, -0.1) is 0 Å². The SMILES string of the molecule is CSCCC(NC(=O)c1ccc(Cl)cc1Cl)C(=O)Nc1ccc(C)cc1F. The van der Waals surface area contributed by atoms with Crippen LogP contribution in [0.5, 0.6) is 0 Å². The third kappa shape index (κ3) is 6.13. The summed E-state index contributed by atoms with van der Waals surface area (Å²) in [6, 6.07) is 8.17. The second-order valence-corrected chi connectivity index (χ2v) is 7.73. The summed E-state index contributed by atoms with van der Waals surface area (Å²) in [5.41, 5.74) is 1.03. The van der Waals surface area contributed by atoms with Gasteiger partial charge in [0.25, 0.3) is 5.91 Å². The lowest BCUT2D eigenvalue weighted by atomic mass is 10.1. The molecule has 144 valence electrons. The van der Waals surface area contributed by atoms with Crippen molar-refractivity contribution < 1.29 is 14.0 Å². The molecule has 0 heterocycles. The molecule has 0 bridgehead atoms. The summed E-state index contributed by atoms with van der Waals surface area (Å²) in [4.78, 5) is 25.1. The second kappa shape index (κ2) is 9.97. The van der Waals surface area contributed by atoms with Crippen LogP contribution in [0.1, 0.15) is 22.3 Å². The smallest absolute Gasteiger partial charge is 0.253 e. The van der Waals surface area contributed by atoms with Crippen molar-refractivity contribution in [3.05, 3.63) is 63.4 Å². The first-order valence-corrected chi connectivity index (χ1v) is 10.3. The Balaban J connectivity index is 2.15. The fraction of sp³-hybridized carbons (Fsp3) is 0.263. The Morgan fingerprint density at radius 2 is 1.93 bits per heavy atom. The normalized spacial score (nSPS) is 11.7. The van der Waals surface area contributed by atoms with Gasteiger partial charge in [0.2, 0.25) is 5.91 Å². The van der Waals surface area contributed by atoms with Crippen LogP contribution in [-0.4, -0.2) is 29.9 Å². The number of carbonyl (C=O) groups is 2. The molecule has 0 fully saturated rings. The highest BCUT2D eigenvalue weighted by molar-refractivity contribution is 7.98. The van der Waals surface area contributed by atoms with Gasteiger partial charge in [0, 0.05) is 5.02 Å². The fourth-order valence-corrected chi connectivity index (χ4v) is 3.32. The van der Waals surface area contributed by atoms with E-state index in [0.29, 0.717) is 17.2 Å². The molecule has 2 aromatic carbocycles. The van der Waals surface area contributed by atoms with Gasteiger partial charge in [0.1, 0.15) is 11.9 Å². The third-order valence-electron chi connectivity index (χ3n) is 3.79. The van der Waals surface area contributed by atoms with E-state index in [1.165, 1.54) is 36.0 Å². The molecule has 2 amide bonds. The first-order valence-electron chi connectivity index (χ1n) is 8.13. The van der Waals surface area contributed by atoms with Crippen molar-refractivity contribution in [2.24, 2.45) is 0 Å². The van der Waals surface area contributed by atoms with E-state index in [2.05, 4.69) is 10.6 Å². The molecule has 8 heteroatoms. The first-order chi connectivity index (χ1) is 12.8. The number of carbonyl (C=O) groups excluding carboxylic acids is 2. The van der Waals surface area contributed by atoms with Crippen molar-refractivity contribution in [3.63, 3.8) is 0 Å². The predicted molar refractivity (Wildman–Crippen MR) is 110 cm³/mol. The van der Waals surface area contributed by atoms with Crippen molar-refractivity contribution >= 4 is 52.5 Å². The Morgan fingerprint density at radius 1 is 1.19 bits per heavy atom. The van der Waals surface area contributed by atoms with E-state index in [0.717, 1.165) is 5.56 Å². The van der Waals surface area contributed by atoms with Crippen LogP contribution in [-0.2, 0) is 4.79 Å². The first kappa shape index (κ1) is 21.5. The number of rotatable bonds is 7. The van der Waals surface area contributed by atoms with Crippen molar-refractivity contribution in [2.75, 3.05) is 17.3 Å². The molecule has 1 atom stereocenters. The largest absolute Gasteiger partial charge is 0.340 e. The van der Waals surface area contributed by atoms with Gasteiger partial charge < -0.3 is 10.6 Å². The van der Waals surface area contributed by atoms with E-state index >= 15 is 0 Å². The summed E-state index contributed by atoms with van der Waals surface area (Å²) >= 11 is 13.4. The van der Waals surface area contributed by atoms with E-state index in [9.17, 15) is 14.0 Å². The van der Waals surface area contributed by atoms with Crippen LogP contribution >= 0.6 is 35.0 Å². The minimum atomic E-state index is -0.836. The van der Waals surface area contributed by atoms with E-state index in [4.69, 9.17) is 23.2 Å². The van der Waals surface area contributed by atoms with E-state index < -0.39 is 23.7 Å². The standard InChI is InChI=1S/C19H19Cl2FN2O2S/c1-11-3-6-16(15(22)9-11)23-19(26)17(7-8-27-2)24-18(25)13-5-4-12(20)10-14(13)21/h3-6,9-10,17H,7-8H2,1-2H3,(H,23,26)(H,24,25). The number of thioether (sulfide) groups is 1. The molecule has 27 heavy (non-hydrogen) atoms. The number of hydrogen-bond acceptors (Lipinski definition) is 3. The summed E-state index contributed by atoms with van der Waals surface area (Å²) in [6.45, 7) is 1.76. The molecule has 0 spiro atoms. The summed E-state index contributed by atoms with van der Waals surface area (Å²) in [7, 11) is 0. The van der Waals surface area contributed by atoms with Gasteiger partial charge in [-0.3, -0.25) is 9.59 Å². The van der Waals surface area contributed by atoms with Gasteiger partial charge in [0.05, 0.1) is 16.3 Å². The van der Waals surface area contributed by atoms with Crippen LogP contribution in [0.3, 0.4) is 0 Å². The Bertz CT molecular complexity index is 848. The maximum Gasteiger partial charge on any atom is 0.253 e. The minimum Gasteiger partial charge on any atom is -0.340 e. The van der Waals surface area contributed by atoms with Crippen molar-refractivity contribution in [1.82, 2.24) is 5.32 Å². The van der Waals surface area contributed by atoms with E-state index in [-0.39, 0.29) is 16.3 Å². The van der Waals surface area contributed by atoms with Gasteiger partial charge in [-0.2, -0.15) is 11.8 Å². The zero-order valence-corrected chi connectivity index (χ0v) is 17.1. The van der Waals surface area contributed by atoms with Crippen molar-refractivity contribution in [1.29, 1.82) is 0 Å². The van der Waals surface area contributed by atoms with Gasteiger partial charge in [-0.05, 0) is 61.2 Å². The fourth-order valence-electron chi connectivity index (χ4n) is 2.36. The maximum atomic E-state index is 14.0. The van der Waals surface area contributed by atoms with E-state index in [1.807, 2.05) is 6.26 Å². The molecule has 0 radical (unpaired) electrons. The summed E-state index contributed by atoms with van der Waals surface area (Å²) < 4.78 is 14.0. The Kier molecular flexibility index (Phi) is 7.95. The predicted octanol–water partition coefficient (Wildman–Crippen LogP) is 4.93. The van der Waals surface area contributed by atoms with Gasteiger partial charge >= 0.3 is 0 Å². The number of hydrogen-bond donors (Lipinski definition) is 2. The molecule has 4 nitrogen and oxygen atoms in total. The molecule has 0 aliphatic heterocycles. The lowest BCUT2D eigenvalue weighted by molar-refractivity contribution is -0.118. The van der Waals surface area contributed by atoms with Crippen LogP contribution in [0.25, 0.3) is 0 Å². The Hall–Kier alpha value is -1.76. The lowest BCUT2D eigenvalue weighted by Gasteiger charge is -2.19. The molecule has 0 saturated carbocycles. The number of aryl methyl sites for hydroxylation is 1. The Morgan fingerprint density at radius 3 is 2.56 bits per heavy atom. The van der Waals surface area contributed by atoms with E-state index in [1.54, 1.807) is 19.1 Å². The van der Waals surface area contributed by atoms with Gasteiger partial charge in [-0.25, -0.2) is 4.39 Å². The average molecular weight is 429 g/mol. The topological polar surface area (TPSA) is 58.2 Å². The monoisotopic (exact) mass is 428 g/mol. The highest BCUT2D eigenvalue weighted by Crippen LogP contribution is 2.21. The van der Waals surface area contributed by atoms with Crippen LogP contribution in [0.4, 0.5) is 10.1 Å². The zero-order valence-electron chi connectivity index (χ0n) is 14.8. The molecule has 0 aromatic heterocycles. The number of amides is 2. The van der Waals surface area contributed by atoms with Crippen LogP contribution in [0.2, 0.25) is 10.0 Å². The molecular weight excluding hydrogens is 410 g/mol. The zero-order chi connectivity index (χ0) is 20.0. The highest BCUT2D eigenvalue weighted by atomic mass is 35.5. The van der Waals surface area contributed by atoms with Gasteiger partial charge in [-0.1, -0.05) is 29.3 Å². The summed E-state index contributed by atoms with van der Waals surface area (Å²) in [5.74, 6) is -0.880. The molecule has 2 aromatic rings. The number of nitrogens with one attached hydrogen (secondary N) is 2. The molecular formula is C19H19Cl2FN2O2S. The number of halogens is 3. The highest BCUT2D eigenvalue weighted by Gasteiger charge is 2.23. The van der Waals surface area contributed by atoms with Crippen LogP contribution in [0.15, 0.2) is 36.4 Å². The molecule has 0 aliphatic carbocycles. The Labute approximate surface area is 171 Å². The maximum absolute atomic E-state index is 14.0. The molecule has 1 unspecified atom stereocenters. The summed E-state index contributed by atoms with van der Waals surface area (Å²) in [5, 5.41) is 5.79. The number of benzene rings is 2. The lowest BCUT2D eigenvalue weighted by Crippen LogP contribution is -2.44. The van der Waals surface area contributed by atoms with Crippen molar-refractivity contribution in [2.45, 2.75) is 19.4 Å². The molecule has 0 saturated heterocycles. The minimum absolute atomic E-state index is 0.0681. The summed E-state index contributed by atoms with van der Waals surface area (Å²) in [6.07, 6.45) is 2.28. The third-order valence-corrected chi connectivity index (χ3v) is 4.98. The molecule has 2 rings (SSSR count). The second-order valence-electron chi connectivity index (χ2n) is 5.90. The van der Waals surface area contributed by atoms with Crippen LogP contribution in [0, 0.1) is 12.7 Å².